The third kappa shape index (κ3) is 3.62. The number of hydrogen-bond donors (Lipinski definition) is 0. The van der Waals surface area contributed by atoms with Crippen molar-refractivity contribution in [2.24, 2.45) is 7.05 Å². The molecule has 0 atom stereocenters. The summed E-state index contributed by atoms with van der Waals surface area (Å²) in [5, 5.41) is 5.85. The molecule has 7 aromatic rings. The summed E-state index contributed by atoms with van der Waals surface area (Å²) in [7, 11) is 2.11. The zero-order chi connectivity index (χ0) is 28.1. The van der Waals surface area contributed by atoms with Crippen molar-refractivity contribution in [2.75, 3.05) is 0 Å². The Morgan fingerprint density at radius 1 is 0.750 bits per heavy atom. The Bertz CT molecular complexity index is 2120. The fourth-order valence-corrected chi connectivity index (χ4v) is 5.70. The first kappa shape index (κ1) is 24.7. The van der Waals surface area contributed by atoms with Crippen molar-refractivity contribution in [3.8, 4) is 11.4 Å². The second kappa shape index (κ2) is 8.10. The number of nitrogens with zero attached hydrogens (tertiary/aromatic N) is 5. The van der Waals surface area contributed by atoms with Gasteiger partial charge in [-0.05, 0) is 36.8 Å². The van der Waals surface area contributed by atoms with Crippen LogP contribution in [0.25, 0.3) is 60.6 Å². The third-order valence-electron chi connectivity index (χ3n) is 7.87. The van der Waals surface area contributed by atoms with Crippen LogP contribution in [0.2, 0.25) is 0 Å². The van der Waals surface area contributed by atoms with Crippen LogP contribution in [0.15, 0.2) is 65.3 Å². The molecule has 0 aliphatic heterocycles. The highest BCUT2D eigenvalue weighted by Crippen LogP contribution is 2.38. The van der Waals surface area contributed by atoms with Crippen LogP contribution in [-0.2, 0) is 17.9 Å². The lowest BCUT2D eigenvalue weighted by molar-refractivity contribution is -0.643. The average Bonchev–Trinajstić information content (AvgIpc) is 3.46. The van der Waals surface area contributed by atoms with E-state index in [2.05, 4.69) is 125 Å². The van der Waals surface area contributed by atoms with Crippen LogP contribution < -0.4 is 4.57 Å². The van der Waals surface area contributed by atoms with Crippen LogP contribution in [0.5, 0.6) is 0 Å². The number of benzene rings is 3. The lowest BCUT2D eigenvalue weighted by Crippen LogP contribution is -2.26. The fourth-order valence-electron chi connectivity index (χ4n) is 5.70. The predicted octanol–water partition coefficient (Wildman–Crippen LogP) is 7.73. The molecule has 0 saturated carbocycles. The van der Waals surface area contributed by atoms with Gasteiger partial charge in [0.25, 0.3) is 5.65 Å². The summed E-state index contributed by atoms with van der Waals surface area (Å²) in [5.41, 5.74) is 5.85. The largest absolute Gasteiger partial charge is 0.456 e. The molecule has 6 heteroatoms. The van der Waals surface area contributed by atoms with Crippen LogP contribution in [0.1, 0.15) is 58.8 Å². The first-order valence-electron chi connectivity index (χ1n) is 13.9. The van der Waals surface area contributed by atoms with Gasteiger partial charge in [-0.2, -0.15) is 4.40 Å². The quantitative estimate of drug-likeness (QED) is 0.162. The maximum Gasteiger partial charge on any atom is 0.294 e. The van der Waals surface area contributed by atoms with E-state index in [1.165, 1.54) is 27.4 Å². The molecule has 200 valence electrons. The predicted molar refractivity (Wildman–Crippen MR) is 162 cm³/mol. The third-order valence-corrected chi connectivity index (χ3v) is 7.87. The Labute approximate surface area is 233 Å². The monoisotopic (exact) mass is 528 g/mol. The molecule has 0 radical (unpaired) electrons. The van der Waals surface area contributed by atoms with E-state index >= 15 is 0 Å². The van der Waals surface area contributed by atoms with Crippen LogP contribution in [-0.4, -0.2) is 19.4 Å². The van der Waals surface area contributed by atoms with Gasteiger partial charge in [-0.25, -0.2) is 19.5 Å². The number of imidazole rings is 1. The summed E-state index contributed by atoms with van der Waals surface area (Å²) in [6, 6.07) is 17.3. The number of aryl methyl sites for hydroxylation is 2. The molecule has 0 fully saturated rings. The van der Waals surface area contributed by atoms with Gasteiger partial charge in [-0.15, -0.1) is 0 Å². The summed E-state index contributed by atoms with van der Waals surface area (Å²) in [6.45, 7) is 15.0. The molecule has 0 aliphatic carbocycles. The summed E-state index contributed by atoms with van der Waals surface area (Å²) in [5.74, 6) is 2.27. The van der Waals surface area contributed by atoms with Crippen molar-refractivity contribution in [3.05, 3.63) is 78.1 Å². The first-order chi connectivity index (χ1) is 18.9. The van der Waals surface area contributed by atoms with Gasteiger partial charge in [0.1, 0.15) is 40.7 Å². The minimum absolute atomic E-state index is 0.192. The fraction of sp³-hybridized carbons (Fsp3) is 0.294. The zero-order valence-corrected chi connectivity index (χ0v) is 24.4. The molecule has 40 heavy (non-hydrogen) atoms. The number of pyridine rings is 1. The van der Waals surface area contributed by atoms with Crippen LogP contribution in [0, 0.1) is 6.92 Å². The summed E-state index contributed by atoms with van der Waals surface area (Å²) >= 11 is 0. The van der Waals surface area contributed by atoms with Crippen LogP contribution in [0.4, 0.5) is 0 Å². The van der Waals surface area contributed by atoms with Crippen molar-refractivity contribution in [1.82, 2.24) is 19.4 Å². The second-order valence-electron chi connectivity index (χ2n) is 13.1. The molecule has 0 bridgehead atoms. The zero-order valence-electron chi connectivity index (χ0n) is 24.4. The van der Waals surface area contributed by atoms with E-state index in [0.29, 0.717) is 5.82 Å². The molecule has 0 N–H and O–H groups in total. The van der Waals surface area contributed by atoms with Crippen molar-refractivity contribution >= 4 is 49.3 Å². The Morgan fingerprint density at radius 3 is 2.15 bits per heavy atom. The van der Waals surface area contributed by atoms with Crippen molar-refractivity contribution in [2.45, 2.75) is 59.3 Å². The molecular weight excluding hydrogens is 494 g/mol. The Morgan fingerprint density at radius 2 is 1.45 bits per heavy atom. The number of hydrogen-bond acceptors (Lipinski definition) is 4. The molecule has 0 aliphatic rings. The van der Waals surface area contributed by atoms with Gasteiger partial charge >= 0.3 is 0 Å². The summed E-state index contributed by atoms with van der Waals surface area (Å²) < 4.78 is 11.0. The Balaban J connectivity index is 1.49. The van der Waals surface area contributed by atoms with Gasteiger partial charge < -0.3 is 4.42 Å². The minimum Gasteiger partial charge on any atom is -0.456 e. The number of aromatic nitrogens is 5. The van der Waals surface area contributed by atoms with Crippen molar-refractivity contribution in [3.63, 3.8) is 0 Å². The van der Waals surface area contributed by atoms with Crippen LogP contribution >= 0.6 is 0 Å². The maximum absolute atomic E-state index is 6.53. The van der Waals surface area contributed by atoms with Crippen molar-refractivity contribution in [1.29, 1.82) is 0 Å². The van der Waals surface area contributed by atoms with E-state index in [-0.39, 0.29) is 10.8 Å². The van der Waals surface area contributed by atoms with Gasteiger partial charge in [-0.1, -0.05) is 65.8 Å². The highest BCUT2D eigenvalue weighted by Gasteiger charge is 2.26. The Kier molecular flexibility index (Phi) is 5.00. The number of rotatable bonds is 1. The maximum atomic E-state index is 6.53. The highest BCUT2D eigenvalue weighted by atomic mass is 16.3. The second-order valence-corrected chi connectivity index (χ2v) is 13.1. The molecule has 6 nitrogen and oxygen atoms in total. The van der Waals surface area contributed by atoms with Gasteiger partial charge in [0, 0.05) is 37.9 Å². The van der Waals surface area contributed by atoms with Gasteiger partial charge in [0.2, 0.25) is 0 Å². The minimum atomic E-state index is -0.192. The first-order valence-corrected chi connectivity index (χ1v) is 13.9. The van der Waals surface area contributed by atoms with Gasteiger partial charge in [0.05, 0.1) is 12.4 Å². The van der Waals surface area contributed by atoms with E-state index < -0.39 is 0 Å². The molecule has 0 amide bonds. The number of furan rings is 1. The van der Waals surface area contributed by atoms with E-state index in [4.69, 9.17) is 19.4 Å². The molecule has 0 saturated heterocycles. The van der Waals surface area contributed by atoms with Crippen molar-refractivity contribution < 1.29 is 8.98 Å². The van der Waals surface area contributed by atoms with E-state index in [1.54, 1.807) is 0 Å². The summed E-state index contributed by atoms with van der Waals surface area (Å²) in [4.78, 5) is 14.6. The van der Waals surface area contributed by atoms with Crippen LogP contribution in [0.3, 0.4) is 0 Å². The SMILES string of the molecule is Cc1cccc2c3cc4oc5cc(-c6nc(C(C)(C)C)nc(C(C)(C)C)n6)ccc5c4cc3n3cc[n+](C)c3c12. The molecule has 0 spiro atoms. The van der Waals surface area contributed by atoms with E-state index in [0.717, 1.165) is 44.7 Å². The summed E-state index contributed by atoms with van der Waals surface area (Å²) in [6.07, 6.45) is 4.27. The van der Waals surface area contributed by atoms with Gasteiger partial charge in [-0.3, -0.25) is 0 Å². The molecule has 4 aromatic heterocycles. The molecule has 0 unspecified atom stereocenters. The van der Waals surface area contributed by atoms with E-state index in [1.807, 2.05) is 0 Å². The normalized spacial score (nSPS) is 13.0. The molecular formula is C34H34N5O+. The lowest BCUT2D eigenvalue weighted by atomic mass is 9.93. The molecule has 3 aromatic carbocycles. The Hall–Kier alpha value is -4.32. The highest BCUT2D eigenvalue weighted by molar-refractivity contribution is 6.18. The molecule has 4 heterocycles. The lowest BCUT2D eigenvalue weighted by Gasteiger charge is -2.22. The van der Waals surface area contributed by atoms with Gasteiger partial charge in [0.15, 0.2) is 5.82 Å². The molecule has 7 rings (SSSR count). The average molecular weight is 529 g/mol. The smallest absolute Gasteiger partial charge is 0.294 e. The topological polar surface area (TPSA) is 60.1 Å². The number of fused-ring (bicyclic) bond motifs is 9. The standard InChI is InChI=1S/C34H34N5O/c1-19-10-9-11-22-23-18-27-24(17-25(23)39-15-14-38(8)30(39)28(19)22)21-13-12-20(16-26(21)40-27)29-35-31(33(2,3)4)37-32(36-29)34(5,6)7/h9-18H,1-8H3/q+1. The van der Waals surface area contributed by atoms with E-state index in [9.17, 15) is 0 Å².